The van der Waals surface area contributed by atoms with Gasteiger partial charge in [-0.05, 0) is 73.6 Å². The van der Waals surface area contributed by atoms with E-state index in [0.29, 0.717) is 22.6 Å². The van der Waals surface area contributed by atoms with Crippen LogP contribution in [0.15, 0.2) is 78.9 Å². The second-order valence-electron chi connectivity index (χ2n) is 10.4. The van der Waals surface area contributed by atoms with Gasteiger partial charge in [-0.25, -0.2) is 0 Å². The summed E-state index contributed by atoms with van der Waals surface area (Å²) in [5, 5.41) is 12.5. The number of piperidine rings is 1. The van der Waals surface area contributed by atoms with E-state index in [0.717, 1.165) is 36.5 Å². The molecule has 2 aliphatic rings. The molecule has 2 aliphatic heterocycles. The highest BCUT2D eigenvalue weighted by molar-refractivity contribution is 6.21. The van der Waals surface area contributed by atoms with Gasteiger partial charge >= 0.3 is 5.97 Å². The zero-order valence-corrected chi connectivity index (χ0v) is 22.3. The summed E-state index contributed by atoms with van der Waals surface area (Å²) in [6.45, 7) is 2.11. The Labute approximate surface area is 233 Å². The summed E-state index contributed by atoms with van der Waals surface area (Å²) < 4.78 is 0. The van der Waals surface area contributed by atoms with Gasteiger partial charge < -0.3 is 15.3 Å². The Morgan fingerprint density at radius 2 is 1.43 bits per heavy atom. The van der Waals surface area contributed by atoms with Crippen LogP contribution >= 0.6 is 0 Å². The van der Waals surface area contributed by atoms with E-state index in [4.69, 9.17) is 0 Å². The normalized spacial score (nSPS) is 16.1. The fourth-order valence-electron chi connectivity index (χ4n) is 5.60. The zero-order chi connectivity index (χ0) is 28.1. The smallest absolute Gasteiger partial charge is 0.306 e. The average molecular weight is 540 g/mol. The first-order chi connectivity index (χ1) is 19.4. The Morgan fingerprint density at radius 1 is 0.825 bits per heavy atom. The Bertz CT molecular complexity index is 1350. The highest BCUT2D eigenvalue weighted by Gasteiger charge is 2.35. The topological polar surface area (TPSA) is 107 Å². The van der Waals surface area contributed by atoms with Crippen molar-refractivity contribution in [3.8, 4) is 0 Å². The molecule has 3 aromatic rings. The zero-order valence-electron chi connectivity index (χ0n) is 22.3. The van der Waals surface area contributed by atoms with Crippen molar-refractivity contribution in [1.29, 1.82) is 0 Å². The fourth-order valence-corrected chi connectivity index (χ4v) is 5.60. The number of carbonyl (C=O) groups is 4. The number of rotatable bonds is 10. The number of nitrogens with zero attached hydrogens (tertiary/aromatic N) is 2. The molecule has 206 valence electrons. The van der Waals surface area contributed by atoms with Crippen LogP contribution in [0.2, 0.25) is 0 Å². The molecule has 0 bridgehead atoms. The van der Waals surface area contributed by atoms with Crippen molar-refractivity contribution in [1.82, 2.24) is 10.2 Å². The molecule has 1 atom stereocenters. The molecule has 40 heavy (non-hydrogen) atoms. The number of carboxylic acid groups (broad SMARTS) is 1. The molecule has 3 aromatic carbocycles. The van der Waals surface area contributed by atoms with Crippen molar-refractivity contribution in [3.05, 3.63) is 101 Å². The molecular weight excluding hydrogens is 506 g/mol. The number of aliphatic carboxylic acids is 1. The monoisotopic (exact) mass is 539 g/mol. The maximum Gasteiger partial charge on any atom is 0.306 e. The summed E-state index contributed by atoms with van der Waals surface area (Å²) in [4.78, 5) is 53.0. The third-order valence-electron chi connectivity index (χ3n) is 7.97. The number of imide groups is 1. The highest BCUT2D eigenvalue weighted by atomic mass is 16.4. The van der Waals surface area contributed by atoms with E-state index in [1.165, 1.54) is 5.56 Å². The first kappa shape index (κ1) is 27.1. The maximum atomic E-state index is 12.7. The molecule has 8 nitrogen and oxygen atoms in total. The first-order valence-corrected chi connectivity index (χ1v) is 13.8. The number of hydrogen-bond acceptors (Lipinski definition) is 5. The van der Waals surface area contributed by atoms with Crippen molar-refractivity contribution in [3.63, 3.8) is 0 Å². The van der Waals surface area contributed by atoms with Crippen molar-refractivity contribution in [2.75, 3.05) is 31.1 Å². The van der Waals surface area contributed by atoms with E-state index in [1.807, 2.05) is 18.2 Å². The van der Waals surface area contributed by atoms with Crippen LogP contribution in [0, 0.1) is 5.92 Å². The molecule has 0 spiro atoms. The number of hydrogen-bond donors (Lipinski definition) is 2. The average Bonchev–Trinajstić information content (AvgIpc) is 3.24. The van der Waals surface area contributed by atoms with Gasteiger partial charge in [-0.3, -0.25) is 24.1 Å². The number of benzene rings is 3. The van der Waals surface area contributed by atoms with E-state index in [9.17, 15) is 24.3 Å². The summed E-state index contributed by atoms with van der Waals surface area (Å²) in [5.74, 6) is -2.32. The maximum absolute atomic E-state index is 12.7. The first-order valence-electron chi connectivity index (χ1n) is 13.8. The van der Waals surface area contributed by atoms with Crippen LogP contribution in [0.25, 0.3) is 0 Å². The van der Waals surface area contributed by atoms with Crippen molar-refractivity contribution in [2.24, 2.45) is 5.92 Å². The van der Waals surface area contributed by atoms with Crippen LogP contribution in [-0.2, 0) is 4.79 Å². The van der Waals surface area contributed by atoms with Gasteiger partial charge in [0, 0.05) is 37.4 Å². The van der Waals surface area contributed by atoms with Crippen LogP contribution in [0.3, 0.4) is 0 Å². The van der Waals surface area contributed by atoms with Crippen LogP contribution in [0.5, 0.6) is 0 Å². The largest absolute Gasteiger partial charge is 0.481 e. The standard InChI is InChI=1S/C32H33N3O5/c36-29(24-10-12-26(13-11-24)34-19-15-23(16-20-34)22-6-2-1-3-7-22)33-18-14-25(32(39)40)17-21-35-30(37)27-8-4-5-9-28(27)31(35)38/h1-13,23,25H,14-21H2,(H,33,36)(H,39,40). The van der Waals surface area contributed by atoms with Crippen molar-refractivity contribution >= 4 is 29.4 Å². The van der Waals surface area contributed by atoms with E-state index < -0.39 is 23.7 Å². The lowest BCUT2D eigenvalue weighted by Gasteiger charge is -2.34. The van der Waals surface area contributed by atoms with Gasteiger partial charge in [0.15, 0.2) is 0 Å². The second kappa shape index (κ2) is 12.2. The summed E-state index contributed by atoms with van der Waals surface area (Å²) in [6.07, 6.45) is 2.49. The molecule has 0 aromatic heterocycles. The Kier molecular flexibility index (Phi) is 8.24. The van der Waals surface area contributed by atoms with Gasteiger partial charge in [-0.15, -0.1) is 0 Å². The molecule has 8 heteroatoms. The van der Waals surface area contributed by atoms with Gasteiger partial charge in [0.05, 0.1) is 17.0 Å². The molecule has 1 saturated heterocycles. The van der Waals surface area contributed by atoms with Gasteiger partial charge in [-0.2, -0.15) is 0 Å². The van der Waals surface area contributed by atoms with E-state index in [-0.39, 0.29) is 31.8 Å². The molecular formula is C32H33N3O5. The van der Waals surface area contributed by atoms with Gasteiger partial charge in [0.2, 0.25) is 0 Å². The lowest BCUT2D eigenvalue weighted by atomic mass is 9.89. The fraction of sp³-hybridized carbons (Fsp3) is 0.312. The van der Waals surface area contributed by atoms with Crippen LogP contribution in [0.4, 0.5) is 5.69 Å². The number of anilines is 1. The quantitative estimate of drug-likeness (QED) is 0.366. The molecule has 5 rings (SSSR count). The lowest BCUT2D eigenvalue weighted by Crippen LogP contribution is -2.34. The summed E-state index contributed by atoms with van der Waals surface area (Å²) in [5.41, 5.74) is 3.68. The van der Waals surface area contributed by atoms with Gasteiger partial charge in [0.25, 0.3) is 17.7 Å². The SMILES string of the molecule is O=C(NCCC(CCN1C(=O)c2ccccc2C1=O)C(=O)O)c1ccc(N2CCC(c3ccccc3)CC2)cc1. The van der Waals surface area contributed by atoms with Crippen LogP contribution < -0.4 is 10.2 Å². The minimum absolute atomic E-state index is 0.0152. The Hall–Kier alpha value is -4.46. The number of carboxylic acids is 1. The molecule has 0 radical (unpaired) electrons. The van der Waals surface area contributed by atoms with E-state index in [1.54, 1.807) is 36.4 Å². The molecule has 0 saturated carbocycles. The van der Waals surface area contributed by atoms with Crippen molar-refractivity contribution in [2.45, 2.75) is 31.6 Å². The summed E-state index contributed by atoms with van der Waals surface area (Å²) in [6, 6.07) is 24.7. The summed E-state index contributed by atoms with van der Waals surface area (Å²) in [7, 11) is 0. The van der Waals surface area contributed by atoms with Crippen LogP contribution in [-0.4, -0.2) is 59.9 Å². The van der Waals surface area contributed by atoms with E-state index >= 15 is 0 Å². The third kappa shape index (κ3) is 5.91. The molecule has 2 N–H and O–H groups in total. The Morgan fingerprint density at radius 3 is 2.02 bits per heavy atom. The molecule has 3 amide bonds. The summed E-state index contributed by atoms with van der Waals surface area (Å²) >= 11 is 0. The predicted octanol–water partition coefficient (Wildman–Crippen LogP) is 4.58. The molecule has 0 aliphatic carbocycles. The number of nitrogens with one attached hydrogen (secondary N) is 1. The third-order valence-corrected chi connectivity index (χ3v) is 7.97. The van der Waals surface area contributed by atoms with Crippen LogP contribution in [0.1, 0.15) is 68.2 Å². The number of fused-ring (bicyclic) bond motifs is 1. The number of carbonyl (C=O) groups excluding carboxylic acids is 3. The Balaban J connectivity index is 1.08. The molecule has 1 fully saturated rings. The minimum Gasteiger partial charge on any atom is -0.481 e. The number of amides is 3. The van der Waals surface area contributed by atoms with Gasteiger partial charge in [0.1, 0.15) is 0 Å². The lowest BCUT2D eigenvalue weighted by molar-refractivity contribution is -0.142. The second-order valence-corrected chi connectivity index (χ2v) is 10.4. The molecule has 2 heterocycles. The van der Waals surface area contributed by atoms with Gasteiger partial charge in [-0.1, -0.05) is 42.5 Å². The van der Waals surface area contributed by atoms with Crippen molar-refractivity contribution < 1.29 is 24.3 Å². The molecule has 1 unspecified atom stereocenters. The minimum atomic E-state index is -1.02. The predicted molar refractivity (Wildman–Crippen MR) is 152 cm³/mol. The van der Waals surface area contributed by atoms with E-state index in [2.05, 4.69) is 34.5 Å². The highest BCUT2D eigenvalue weighted by Crippen LogP contribution is 2.30.